The van der Waals surface area contributed by atoms with Crippen LogP contribution in [0, 0.1) is 10.1 Å². The topological polar surface area (TPSA) is 118 Å². The molecule has 0 saturated carbocycles. The number of rotatable bonds is 2. The quantitative estimate of drug-likeness (QED) is 0.426. The molecule has 0 aromatic heterocycles. The van der Waals surface area contributed by atoms with E-state index < -0.39 is 31.4 Å². The van der Waals surface area contributed by atoms with Crippen molar-refractivity contribution in [2.45, 2.75) is 4.90 Å². The fraction of sp³-hybridized carbons (Fsp3) is 0. The van der Waals surface area contributed by atoms with Crippen LogP contribution >= 0.6 is 0 Å². The number of phenols is 1. The van der Waals surface area contributed by atoms with Crippen LogP contribution in [0.1, 0.15) is 0 Å². The number of hydrogen-bond donors (Lipinski definition) is 2. The van der Waals surface area contributed by atoms with Crippen LogP contribution in [-0.4, -0.2) is 23.0 Å². The summed E-state index contributed by atoms with van der Waals surface area (Å²) >= 11 is 0. The summed E-state index contributed by atoms with van der Waals surface area (Å²) in [5.74, 6) is -0.860. The molecule has 0 spiro atoms. The summed E-state index contributed by atoms with van der Waals surface area (Å²) in [6, 6.07) is 2.89. The molecule has 0 saturated heterocycles. The van der Waals surface area contributed by atoms with Gasteiger partial charge in [-0.1, -0.05) is 6.07 Å². The van der Waals surface area contributed by atoms with Crippen molar-refractivity contribution in [2.75, 3.05) is 0 Å². The Balaban J connectivity index is 3.62. The van der Waals surface area contributed by atoms with Crippen LogP contribution in [0.25, 0.3) is 0 Å². The predicted molar refractivity (Wildman–Crippen MR) is 44.6 cm³/mol. The van der Waals surface area contributed by atoms with Crippen molar-refractivity contribution in [1.29, 1.82) is 0 Å². The van der Waals surface area contributed by atoms with Crippen LogP contribution in [0.15, 0.2) is 23.1 Å². The van der Waals surface area contributed by atoms with Crippen molar-refractivity contribution < 1.29 is 23.0 Å². The van der Waals surface area contributed by atoms with Gasteiger partial charge in [0.25, 0.3) is 5.69 Å². The van der Waals surface area contributed by atoms with Crippen LogP contribution < -0.4 is 0 Å². The lowest BCUT2D eigenvalue weighted by molar-refractivity contribution is -0.388. The average Bonchev–Trinajstić information content (AvgIpc) is 2.01. The molecule has 1 aromatic carbocycles. The molecular weight excluding hydrogens is 214 g/mol. The second kappa shape index (κ2) is 3.24. The van der Waals surface area contributed by atoms with Crippen molar-refractivity contribution in [1.82, 2.24) is 0 Å². The molecule has 76 valence electrons. The first kappa shape index (κ1) is 10.4. The van der Waals surface area contributed by atoms with Crippen LogP contribution in [-0.2, 0) is 10.1 Å². The number of hydrogen-bond acceptors (Lipinski definition) is 5. The number of phenolic OH excluding ortho intramolecular Hbond substituents is 1. The highest BCUT2D eigenvalue weighted by molar-refractivity contribution is 7.86. The van der Waals surface area contributed by atoms with Gasteiger partial charge >= 0.3 is 10.1 Å². The van der Waals surface area contributed by atoms with Crippen LogP contribution in [0.5, 0.6) is 5.75 Å². The summed E-state index contributed by atoms with van der Waals surface area (Å²) in [5, 5.41) is 19.4. The SMILES string of the molecule is O=[N+]([O-])c1cccc(O)c1S(=O)(=O)O. The van der Waals surface area contributed by atoms with Gasteiger partial charge in [0, 0.05) is 6.07 Å². The molecule has 1 aromatic rings. The fourth-order valence-corrected chi connectivity index (χ4v) is 1.66. The van der Waals surface area contributed by atoms with Crippen molar-refractivity contribution in [3.63, 3.8) is 0 Å². The summed E-state index contributed by atoms with van der Waals surface area (Å²) in [7, 11) is -4.80. The third-order valence-corrected chi connectivity index (χ3v) is 2.36. The van der Waals surface area contributed by atoms with E-state index in [0.29, 0.717) is 0 Å². The van der Waals surface area contributed by atoms with Crippen LogP contribution in [0.2, 0.25) is 0 Å². The third kappa shape index (κ3) is 1.80. The highest BCUT2D eigenvalue weighted by atomic mass is 32.2. The smallest absolute Gasteiger partial charge is 0.305 e. The Bertz CT molecular complexity index is 479. The molecule has 2 N–H and O–H groups in total. The molecule has 0 aliphatic heterocycles. The van der Waals surface area contributed by atoms with E-state index in [1.54, 1.807) is 0 Å². The molecule has 7 nitrogen and oxygen atoms in total. The summed E-state index contributed by atoms with van der Waals surface area (Å²) < 4.78 is 29.9. The van der Waals surface area contributed by atoms with E-state index in [1.165, 1.54) is 0 Å². The molecule has 0 heterocycles. The number of benzene rings is 1. The molecule has 0 atom stereocenters. The minimum absolute atomic E-state index is 0.860. The molecule has 0 bridgehead atoms. The number of nitrogens with zero attached hydrogens (tertiary/aromatic N) is 1. The third-order valence-electron chi connectivity index (χ3n) is 1.43. The van der Waals surface area contributed by atoms with E-state index in [2.05, 4.69) is 0 Å². The maximum atomic E-state index is 10.7. The molecule has 0 aliphatic carbocycles. The van der Waals surface area contributed by atoms with Gasteiger partial charge in [0.1, 0.15) is 5.75 Å². The van der Waals surface area contributed by atoms with E-state index in [1.807, 2.05) is 0 Å². The molecule has 0 radical (unpaired) electrons. The second-order valence-corrected chi connectivity index (χ2v) is 3.72. The maximum Gasteiger partial charge on any atom is 0.305 e. The highest BCUT2D eigenvalue weighted by Crippen LogP contribution is 2.31. The first-order valence-corrected chi connectivity index (χ1v) is 4.72. The Morgan fingerprint density at radius 3 is 2.29 bits per heavy atom. The molecular formula is C6H5NO6S. The first-order valence-electron chi connectivity index (χ1n) is 3.28. The van der Waals surface area contributed by atoms with Crippen LogP contribution in [0.4, 0.5) is 5.69 Å². The van der Waals surface area contributed by atoms with Gasteiger partial charge in [-0.3, -0.25) is 14.7 Å². The Kier molecular flexibility index (Phi) is 2.41. The Labute approximate surface area is 78.5 Å². The highest BCUT2D eigenvalue weighted by Gasteiger charge is 2.27. The van der Waals surface area contributed by atoms with Crippen molar-refractivity contribution in [3.8, 4) is 5.75 Å². The van der Waals surface area contributed by atoms with E-state index in [0.717, 1.165) is 18.2 Å². The minimum atomic E-state index is -4.80. The maximum absolute atomic E-state index is 10.7. The van der Waals surface area contributed by atoms with Gasteiger partial charge < -0.3 is 5.11 Å². The summed E-state index contributed by atoms with van der Waals surface area (Å²) in [4.78, 5) is 8.24. The minimum Gasteiger partial charge on any atom is -0.506 e. The summed E-state index contributed by atoms with van der Waals surface area (Å²) in [6.07, 6.45) is 0. The van der Waals surface area contributed by atoms with E-state index in [9.17, 15) is 18.5 Å². The average molecular weight is 219 g/mol. The zero-order valence-electron chi connectivity index (χ0n) is 6.61. The molecule has 0 unspecified atom stereocenters. The Morgan fingerprint density at radius 2 is 1.93 bits per heavy atom. The molecule has 0 fully saturated rings. The monoisotopic (exact) mass is 219 g/mol. The van der Waals surface area contributed by atoms with Gasteiger partial charge in [0.15, 0.2) is 0 Å². The zero-order chi connectivity index (χ0) is 10.9. The van der Waals surface area contributed by atoms with Crippen molar-refractivity contribution in [2.24, 2.45) is 0 Å². The van der Waals surface area contributed by atoms with Gasteiger partial charge in [-0.2, -0.15) is 8.42 Å². The standard InChI is InChI=1S/C6H5NO6S/c8-5-3-1-2-4(7(9)10)6(5)14(11,12)13/h1-3,8H,(H,11,12,13). The van der Waals surface area contributed by atoms with Crippen molar-refractivity contribution >= 4 is 15.8 Å². The molecule has 1 rings (SSSR count). The first-order chi connectivity index (χ1) is 6.34. The molecule has 14 heavy (non-hydrogen) atoms. The lowest BCUT2D eigenvalue weighted by atomic mass is 10.3. The van der Waals surface area contributed by atoms with Gasteiger partial charge in [0.05, 0.1) is 4.92 Å². The van der Waals surface area contributed by atoms with Crippen LogP contribution in [0.3, 0.4) is 0 Å². The lowest BCUT2D eigenvalue weighted by Gasteiger charge is -2.00. The zero-order valence-corrected chi connectivity index (χ0v) is 7.43. The van der Waals surface area contributed by atoms with Gasteiger partial charge in [-0.05, 0) is 6.07 Å². The van der Waals surface area contributed by atoms with Gasteiger partial charge in [0.2, 0.25) is 4.90 Å². The summed E-state index contributed by atoms with van der Waals surface area (Å²) in [5.41, 5.74) is -0.868. The van der Waals surface area contributed by atoms with Gasteiger partial charge in [-0.25, -0.2) is 0 Å². The van der Waals surface area contributed by atoms with E-state index in [-0.39, 0.29) is 0 Å². The fourth-order valence-electron chi connectivity index (χ4n) is 0.921. The summed E-state index contributed by atoms with van der Waals surface area (Å²) in [6.45, 7) is 0. The lowest BCUT2D eigenvalue weighted by Crippen LogP contribution is -2.03. The number of nitro groups is 1. The predicted octanol–water partition coefficient (Wildman–Crippen LogP) is 0.547. The number of nitro benzene ring substituents is 1. The molecule has 0 amide bonds. The second-order valence-electron chi connectivity index (χ2n) is 2.36. The largest absolute Gasteiger partial charge is 0.506 e. The normalized spacial score (nSPS) is 11.2. The van der Waals surface area contributed by atoms with E-state index >= 15 is 0 Å². The van der Waals surface area contributed by atoms with Gasteiger partial charge in [-0.15, -0.1) is 0 Å². The van der Waals surface area contributed by atoms with Crippen molar-refractivity contribution in [3.05, 3.63) is 28.3 Å². The Hall–Kier alpha value is -1.67. The Morgan fingerprint density at radius 1 is 1.36 bits per heavy atom. The number of aromatic hydroxyl groups is 1. The van der Waals surface area contributed by atoms with E-state index in [4.69, 9.17) is 9.66 Å². The molecule has 8 heteroatoms. The molecule has 0 aliphatic rings.